The summed E-state index contributed by atoms with van der Waals surface area (Å²) in [4.78, 5) is 27.4. The molecule has 3 fully saturated rings. The molecule has 2 amide bonds. The lowest BCUT2D eigenvalue weighted by molar-refractivity contribution is -0.148. The lowest BCUT2D eigenvalue weighted by Gasteiger charge is -2.54. The van der Waals surface area contributed by atoms with Crippen LogP contribution < -0.4 is 10.6 Å². The molecule has 0 aliphatic carbocycles. The molecule has 148 valence electrons. The zero-order chi connectivity index (χ0) is 19.1. The van der Waals surface area contributed by atoms with E-state index in [4.69, 9.17) is 0 Å². The molecule has 28 heavy (non-hydrogen) atoms. The van der Waals surface area contributed by atoms with Gasteiger partial charge in [-0.25, -0.2) is 0 Å². The van der Waals surface area contributed by atoms with Crippen LogP contribution in [0.15, 0.2) is 12.4 Å². The highest BCUT2D eigenvalue weighted by atomic mass is 16.2. The molecule has 3 aliphatic rings. The second-order valence-corrected chi connectivity index (χ2v) is 7.85. The van der Waals surface area contributed by atoms with Crippen LogP contribution in [-0.4, -0.2) is 78.8 Å². The van der Waals surface area contributed by atoms with Gasteiger partial charge in [0.25, 0.3) is 5.91 Å². The Morgan fingerprint density at radius 3 is 3.07 bits per heavy atom. The van der Waals surface area contributed by atoms with Gasteiger partial charge in [-0.3, -0.25) is 14.7 Å². The molecule has 0 saturated carbocycles. The lowest BCUT2D eigenvalue weighted by atomic mass is 9.72. The first-order valence-electron chi connectivity index (χ1n) is 9.79. The van der Waals surface area contributed by atoms with Crippen LogP contribution in [0.4, 0.5) is 0 Å². The van der Waals surface area contributed by atoms with Crippen molar-refractivity contribution in [2.75, 3.05) is 19.6 Å². The molecular formula is C17H23N9O2. The standard InChI is InChI=1S/C17H23N9O2/c27-16-3-1-2-13-10-4-11(7-18-6-10)14(26(13)16)8-19-17(28)12-5-15(22-21-12)25-9-20-23-24-25/h5,9-11,13-14,18H,1-4,6-8H2,(H,19,28)(H,21,22)/t10-,11+,13+,14+/m1/s1. The van der Waals surface area contributed by atoms with E-state index in [2.05, 4.69) is 41.3 Å². The minimum Gasteiger partial charge on any atom is -0.349 e. The summed E-state index contributed by atoms with van der Waals surface area (Å²) in [6.45, 7) is 2.32. The number of hydrogen-bond acceptors (Lipinski definition) is 7. The van der Waals surface area contributed by atoms with E-state index in [1.807, 2.05) is 0 Å². The van der Waals surface area contributed by atoms with Gasteiger partial charge in [0.2, 0.25) is 5.91 Å². The maximum Gasteiger partial charge on any atom is 0.269 e. The van der Waals surface area contributed by atoms with Crippen LogP contribution >= 0.6 is 0 Å². The topological polar surface area (TPSA) is 134 Å². The van der Waals surface area contributed by atoms with Crippen LogP contribution in [0.5, 0.6) is 0 Å². The second-order valence-electron chi connectivity index (χ2n) is 7.85. The fraction of sp³-hybridized carbons (Fsp3) is 0.647. The number of nitrogens with one attached hydrogen (secondary N) is 3. The molecule has 2 bridgehead atoms. The zero-order valence-electron chi connectivity index (χ0n) is 15.4. The van der Waals surface area contributed by atoms with Gasteiger partial charge in [-0.15, -0.1) is 5.10 Å². The van der Waals surface area contributed by atoms with Crippen molar-refractivity contribution in [2.45, 2.75) is 37.8 Å². The van der Waals surface area contributed by atoms with E-state index in [9.17, 15) is 9.59 Å². The highest BCUT2D eigenvalue weighted by Crippen LogP contribution is 2.39. The summed E-state index contributed by atoms with van der Waals surface area (Å²) < 4.78 is 1.37. The Balaban J connectivity index is 1.29. The van der Waals surface area contributed by atoms with Gasteiger partial charge >= 0.3 is 0 Å². The van der Waals surface area contributed by atoms with Gasteiger partial charge in [-0.1, -0.05) is 0 Å². The summed E-state index contributed by atoms with van der Waals surface area (Å²) in [5.74, 6) is 1.32. The molecule has 2 aromatic rings. The molecule has 0 unspecified atom stereocenters. The summed E-state index contributed by atoms with van der Waals surface area (Å²) in [5, 5.41) is 24.2. The molecule has 2 aromatic heterocycles. The summed E-state index contributed by atoms with van der Waals surface area (Å²) >= 11 is 0. The number of aromatic amines is 1. The fourth-order valence-corrected chi connectivity index (χ4v) is 5.00. The predicted molar refractivity (Wildman–Crippen MR) is 96.4 cm³/mol. The van der Waals surface area contributed by atoms with E-state index in [0.717, 1.165) is 32.4 Å². The average Bonchev–Trinajstić information content (AvgIpc) is 3.40. The van der Waals surface area contributed by atoms with Gasteiger partial charge < -0.3 is 15.5 Å². The average molecular weight is 385 g/mol. The molecule has 3 aliphatic heterocycles. The van der Waals surface area contributed by atoms with Crippen LogP contribution in [-0.2, 0) is 4.79 Å². The molecule has 11 heteroatoms. The Hall–Kier alpha value is -2.82. The fourth-order valence-electron chi connectivity index (χ4n) is 5.00. The normalized spacial score (nSPS) is 29.4. The van der Waals surface area contributed by atoms with Crippen molar-refractivity contribution in [1.29, 1.82) is 0 Å². The molecule has 0 spiro atoms. The highest BCUT2D eigenvalue weighted by molar-refractivity contribution is 5.92. The van der Waals surface area contributed by atoms with Gasteiger partial charge in [0.1, 0.15) is 12.0 Å². The number of aromatic nitrogens is 6. The third kappa shape index (κ3) is 2.95. The second kappa shape index (κ2) is 6.97. The monoisotopic (exact) mass is 385 g/mol. The highest BCUT2D eigenvalue weighted by Gasteiger charge is 2.47. The molecule has 5 rings (SSSR count). The number of rotatable bonds is 4. The molecule has 0 aromatic carbocycles. The Morgan fingerprint density at radius 1 is 1.32 bits per heavy atom. The number of tetrazole rings is 1. The zero-order valence-corrected chi connectivity index (χ0v) is 15.4. The molecular weight excluding hydrogens is 362 g/mol. The molecule has 11 nitrogen and oxygen atoms in total. The van der Waals surface area contributed by atoms with Crippen molar-refractivity contribution in [3.8, 4) is 5.82 Å². The van der Waals surface area contributed by atoms with Crippen molar-refractivity contribution in [3.63, 3.8) is 0 Å². The minimum atomic E-state index is -0.251. The number of nitrogens with zero attached hydrogens (tertiary/aromatic N) is 6. The summed E-state index contributed by atoms with van der Waals surface area (Å²) in [6.07, 6.45) is 5.17. The lowest BCUT2D eigenvalue weighted by Crippen LogP contribution is -2.66. The van der Waals surface area contributed by atoms with E-state index in [1.165, 1.54) is 11.0 Å². The van der Waals surface area contributed by atoms with Crippen molar-refractivity contribution in [1.82, 2.24) is 45.9 Å². The first kappa shape index (κ1) is 17.3. The van der Waals surface area contributed by atoms with Crippen molar-refractivity contribution < 1.29 is 9.59 Å². The van der Waals surface area contributed by atoms with Crippen LogP contribution in [0.2, 0.25) is 0 Å². The van der Waals surface area contributed by atoms with E-state index < -0.39 is 0 Å². The first-order valence-corrected chi connectivity index (χ1v) is 9.79. The van der Waals surface area contributed by atoms with Crippen LogP contribution in [0.1, 0.15) is 36.2 Å². The van der Waals surface area contributed by atoms with Crippen molar-refractivity contribution in [3.05, 3.63) is 18.1 Å². The Kier molecular flexibility index (Phi) is 4.30. The maximum absolute atomic E-state index is 12.7. The number of piperidine rings is 3. The van der Waals surface area contributed by atoms with Gasteiger partial charge in [-0.2, -0.15) is 9.78 Å². The Labute approximate surface area is 161 Å². The SMILES string of the molecule is O=C(NC[C@H]1[C@@H]2CNC[C@@H](C2)[C@@H]2CCCC(=O)N21)c1cc(-n2cnnn2)n[nH]1. The first-order chi connectivity index (χ1) is 13.7. The number of hydrogen-bond donors (Lipinski definition) is 3. The Bertz CT molecular complexity index is 864. The number of amides is 2. The number of H-pyrrole nitrogens is 1. The van der Waals surface area contributed by atoms with E-state index in [0.29, 0.717) is 42.4 Å². The minimum absolute atomic E-state index is 0.0349. The van der Waals surface area contributed by atoms with E-state index >= 15 is 0 Å². The third-order valence-corrected chi connectivity index (χ3v) is 6.26. The van der Waals surface area contributed by atoms with Crippen molar-refractivity contribution >= 4 is 11.8 Å². The number of carbonyl (C=O) groups excluding carboxylic acids is 2. The van der Waals surface area contributed by atoms with Gasteiger partial charge in [0.05, 0.1) is 6.04 Å². The van der Waals surface area contributed by atoms with Crippen LogP contribution in [0.3, 0.4) is 0 Å². The molecule has 5 heterocycles. The van der Waals surface area contributed by atoms with Crippen LogP contribution in [0.25, 0.3) is 5.82 Å². The largest absolute Gasteiger partial charge is 0.349 e. The van der Waals surface area contributed by atoms with Crippen molar-refractivity contribution in [2.24, 2.45) is 11.8 Å². The van der Waals surface area contributed by atoms with Crippen LogP contribution in [0, 0.1) is 11.8 Å². The molecule has 3 saturated heterocycles. The molecule has 0 radical (unpaired) electrons. The van der Waals surface area contributed by atoms with E-state index in [1.54, 1.807) is 6.07 Å². The molecule has 4 atom stereocenters. The van der Waals surface area contributed by atoms with E-state index in [-0.39, 0.29) is 17.9 Å². The third-order valence-electron chi connectivity index (χ3n) is 6.26. The number of carbonyl (C=O) groups is 2. The number of fused-ring (bicyclic) bond motifs is 4. The Morgan fingerprint density at radius 2 is 2.21 bits per heavy atom. The van der Waals surface area contributed by atoms with Gasteiger partial charge in [0.15, 0.2) is 5.82 Å². The predicted octanol–water partition coefficient (Wildman–Crippen LogP) is -0.896. The van der Waals surface area contributed by atoms with Gasteiger partial charge in [-0.05, 0) is 48.1 Å². The summed E-state index contributed by atoms with van der Waals surface area (Å²) in [7, 11) is 0. The molecule has 3 N–H and O–H groups in total. The summed E-state index contributed by atoms with van der Waals surface area (Å²) in [6, 6.07) is 1.93. The maximum atomic E-state index is 12.7. The smallest absolute Gasteiger partial charge is 0.269 e. The quantitative estimate of drug-likeness (QED) is 0.621. The van der Waals surface area contributed by atoms with Gasteiger partial charge in [0, 0.05) is 31.6 Å². The summed E-state index contributed by atoms with van der Waals surface area (Å²) in [5.41, 5.74) is 0.336.